The van der Waals surface area contributed by atoms with E-state index in [1.54, 1.807) is 0 Å². The largest absolute Gasteiger partial charge is 0.330 e. The summed E-state index contributed by atoms with van der Waals surface area (Å²) in [5, 5.41) is 0. The van der Waals surface area contributed by atoms with Crippen LogP contribution in [0.1, 0.15) is 97.8 Å². The van der Waals surface area contributed by atoms with E-state index in [0.29, 0.717) is 17.4 Å². The summed E-state index contributed by atoms with van der Waals surface area (Å²) >= 11 is 0. The van der Waals surface area contributed by atoms with Crippen LogP contribution in [0, 0.1) is 17.3 Å². The molecule has 2 nitrogen and oxygen atoms in total. The van der Waals surface area contributed by atoms with Gasteiger partial charge in [-0.05, 0) is 62.3 Å². The average Bonchev–Trinajstić information content (AvgIpc) is 2.50. The number of hydrogen-bond acceptors (Lipinski definition) is 2. The molecule has 0 spiro atoms. The second-order valence-corrected chi connectivity index (χ2v) is 8.60. The minimum Gasteiger partial charge on any atom is -0.330 e. The lowest BCUT2D eigenvalue weighted by Crippen LogP contribution is -2.33. The first-order valence-electron chi connectivity index (χ1n) is 9.91. The molecule has 0 radical (unpaired) electrons. The van der Waals surface area contributed by atoms with Gasteiger partial charge in [0.2, 0.25) is 0 Å². The molecule has 4 N–H and O–H groups in total. The second kappa shape index (κ2) is 10.6. The second-order valence-electron chi connectivity index (χ2n) is 8.60. The minimum atomic E-state index is 0.481. The van der Waals surface area contributed by atoms with Crippen LogP contribution in [0.15, 0.2) is 0 Å². The minimum absolute atomic E-state index is 0.481. The topological polar surface area (TPSA) is 52.0 Å². The van der Waals surface area contributed by atoms with Crippen LogP contribution in [0.2, 0.25) is 0 Å². The fourth-order valence-corrected chi connectivity index (χ4v) is 4.00. The van der Waals surface area contributed by atoms with Gasteiger partial charge in [0.25, 0.3) is 0 Å². The van der Waals surface area contributed by atoms with E-state index in [2.05, 4.69) is 20.8 Å². The van der Waals surface area contributed by atoms with Gasteiger partial charge in [0.15, 0.2) is 0 Å². The molecule has 1 unspecified atom stereocenters. The summed E-state index contributed by atoms with van der Waals surface area (Å²) in [6.07, 6.45) is 16.3. The van der Waals surface area contributed by atoms with Gasteiger partial charge in [-0.1, -0.05) is 59.3 Å². The van der Waals surface area contributed by atoms with Gasteiger partial charge in [0.05, 0.1) is 0 Å². The summed E-state index contributed by atoms with van der Waals surface area (Å²) < 4.78 is 0. The molecule has 132 valence electrons. The normalized spacial score (nSPS) is 24.4. The molecular weight excluding hydrogens is 268 g/mol. The van der Waals surface area contributed by atoms with E-state index in [4.69, 9.17) is 11.5 Å². The third-order valence-electron chi connectivity index (χ3n) is 6.05. The van der Waals surface area contributed by atoms with Crippen LogP contribution in [0.4, 0.5) is 0 Å². The average molecular weight is 311 g/mol. The Kier molecular flexibility index (Phi) is 9.66. The lowest BCUT2D eigenvalue weighted by molar-refractivity contribution is 0.135. The quantitative estimate of drug-likeness (QED) is 0.512. The lowest BCUT2D eigenvalue weighted by atomic mass is 9.68. The van der Waals surface area contributed by atoms with Crippen molar-refractivity contribution in [1.82, 2.24) is 0 Å². The predicted molar refractivity (Wildman–Crippen MR) is 98.9 cm³/mol. The molecule has 1 fully saturated rings. The third-order valence-corrected chi connectivity index (χ3v) is 6.05. The van der Waals surface area contributed by atoms with E-state index in [1.807, 2.05) is 0 Å². The maximum Gasteiger partial charge on any atom is 0.00390 e. The molecule has 1 rings (SSSR count). The fourth-order valence-electron chi connectivity index (χ4n) is 4.00. The highest BCUT2D eigenvalue weighted by Gasteiger charge is 2.31. The molecule has 1 atom stereocenters. The first kappa shape index (κ1) is 20.0. The van der Waals surface area contributed by atoms with Gasteiger partial charge in [0.1, 0.15) is 0 Å². The molecule has 0 heterocycles. The Morgan fingerprint density at radius 3 is 2.05 bits per heavy atom. The van der Waals surface area contributed by atoms with Crippen LogP contribution < -0.4 is 11.5 Å². The van der Waals surface area contributed by atoms with Crippen molar-refractivity contribution in [2.45, 2.75) is 104 Å². The first-order valence-corrected chi connectivity index (χ1v) is 9.91. The van der Waals surface area contributed by atoms with Crippen LogP contribution in [0.3, 0.4) is 0 Å². The maximum absolute atomic E-state index is 6.04. The Bertz CT molecular complexity index is 267. The molecule has 0 aromatic carbocycles. The highest BCUT2D eigenvalue weighted by atomic mass is 14.6. The van der Waals surface area contributed by atoms with Crippen molar-refractivity contribution < 1.29 is 0 Å². The smallest absolute Gasteiger partial charge is 0.00390 e. The molecule has 1 saturated carbocycles. The van der Waals surface area contributed by atoms with Crippen molar-refractivity contribution in [2.24, 2.45) is 28.7 Å². The van der Waals surface area contributed by atoms with E-state index in [9.17, 15) is 0 Å². The lowest BCUT2D eigenvalue weighted by Gasteiger charge is -2.39. The Hall–Kier alpha value is -0.0800. The molecular formula is C20H42N2. The molecule has 0 saturated heterocycles. The standard InChI is InChI=1S/C20H42N2/c1-17(16-21)10-8-6-4-5-7-9-15-20(2,3)18-11-13-19(22)14-12-18/h17-19H,4-16,21-22H2,1-3H3/t17?,18-,19-. The fraction of sp³-hybridized carbons (Fsp3) is 1.00. The van der Waals surface area contributed by atoms with Gasteiger partial charge < -0.3 is 11.5 Å². The van der Waals surface area contributed by atoms with Gasteiger partial charge in [-0.15, -0.1) is 0 Å². The number of unbranched alkanes of at least 4 members (excludes halogenated alkanes) is 5. The van der Waals surface area contributed by atoms with Gasteiger partial charge in [0, 0.05) is 6.04 Å². The van der Waals surface area contributed by atoms with E-state index in [0.717, 1.165) is 12.5 Å². The van der Waals surface area contributed by atoms with Crippen molar-refractivity contribution in [3.63, 3.8) is 0 Å². The van der Waals surface area contributed by atoms with E-state index < -0.39 is 0 Å². The zero-order chi connectivity index (χ0) is 16.4. The van der Waals surface area contributed by atoms with Crippen molar-refractivity contribution in [3.05, 3.63) is 0 Å². The molecule has 0 bridgehead atoms. The van der Waals surface area contributed by atoms with Gasteiger partial charge >= 0.3 is 0 Å². The molecule has 2 heteroatoms. The van der Waals surface area contributed by atoms with Crippen LogP contribution in [0.5, 0.6) is 0 Å². The summed E-state index contributed by atoms with van der Waals surface area (Å²) in [7, 11) is 0. The highest BCUT2D eigenvalue weighted by Crippen LogP contribution is 2.41. The van der Waals surface area contributed by atoms with Crippen molar-refractivity contribution >= 4 is 0 Å². The van der Waals surface area contributed by atoms with E-state index in [-0.39, 0.29) is 0 Å². The van der Waals surface area contributed by atoms with E-state index >= 15 is 0 Å². The van der Waals surface area contributed by atoms with Crippen molar-refractivity contribution in [1.29, 1.82) is 0 Å². The SMILES string of the molecule is CC(CN)CCCCCCCCC(C)(C)[C@H]1CC[C@H](N)CC1. The maximum atomic E-state index is 6.04. The third kappa shape index (κ3) is 7.97. The predicted octanol–water partition coefficient (Wildman–Crippen LogP) is 5.25. The first-order chi connectivity index (χ1) is 10.5. The molecule has 0 aromatic rings. The summed E-state index contributed by atoms with van der Waals surface area (Å²) in [4.78, 5) is 0. The Morgan fingerprint density at radius 2 is 1.45 bits per heavy atom. The van der Waals surface area contributed by atoms with Crippen molar-refractivity contribution in [3.8, 4) is 0 Å². The number of rotatable bonds is 11. The molecule has 0 aliphatic heterocycles. The molecule has 0 aromatic heterocycles. The van der Waals surface area contributed by atoms with Gasteiger partial charge in [-0.25, -0.2) is 0 Å². The van der Waals surface area contributed by atoms with Gasteiger partial charge in [-0.3, -0.25) is 0 Å². The zero-order valence-corrected chi connectivity index (χ0v) is 15.6. The molecule has 1 aliphatic carbocycles. The summed E-state index contributed by atoms with van der Waals surface area (Å²) in [6.45, 7) is 8.09. The summed E-state index contributed by atoms with van der Waals surface area (Å²) in [5.74, 6) is 1.62. The Morgan fingerprint density at radius 1 is 0.909 bits per heavy atom. The number of hydrogen-bond donors (Lipinski definition) is 2. The van der Waals surface area contributed by atoms with Crippen molar-refractivity contribution in [2.75, 3.05) is 6.54 Å². The Balaban J connectivity index is 2.01. The van der Waals surface area contributed by atoms with Crippen LogP contribution in [0.25, 0.3) is 0 Å². The molecule has 0 amide bonds. The van der Waals surface area contributed by atoms with Crippen LogP contribution >= 0.6 is 0 Å². The van der Waals surface area contributed by atoms with Gasteiger partial charge in [-0.2, -0.15) is 0 Å². The summed E-state index contributed by atoms with van der Waals surface area (Å²) in [5.41, 5.74) is 12.2. The molecule has 1 aliphatic rings. The summed E-state index contributed by atoms with van der Waals surface area (Å²) in [6, 6.07) is 0.481. The van der Waals surface area contributed by atoms with Crippen LogP contribution in [-0.4, -0.2) is 12.6 Å². The molecule has 22 heavy (non-hydrogen) atoms. The van der Waals surface area contributed by atoms with E-state index in [1.165, 1.54) is 77.0 Å². The Labute approximate surface area is 139 Å². The number of nitrogens with two attached hydrogens (primary N) is 2. The monoisotopic (exact) mass is 310 g/mol. The van der Waals surface area contributed by atoms with Crippen LogP contribution in [-0.2, 0) is 0 Å². The zero-order valence-electron chi connectivity index (χ0n) is 15.6. The highest BCUT2D eigenvalue weighted by molar-refractivity contribution is 4.84.